The van der Waals surface area contributed by atoms with Gasteiger partial charge in [0, 0.05) is 41.2 Å². The number of rotatable bonds is 17. The van der Waals surface area contributed by atoms with Gasteiger partial charge in [0.2, 0.25) is 0 Å². The molecule has 0 aliphatic carbocycles. The first-order valence-electron chi connectivity index (χ1n) is 16.9. The molecule has 0 amide bonds. The van der Waals surface area contributed by atoms with Crippen molar-refractivity contribution in [2.75, 3.05) is 13.7 Å². The third-order valence-electron chi connectivity index (χ3n) is 7.03. The number of aryl methyl sites for hydroxylation is 1. The molecule has 8 N–H and O–H groups in total. The molecule has 1 aromatic carbocycles. The van der Waals surface area contributed by atoms with Crippen LogP contribution in [0, 0.1) is 12.8 Å². The average Bonchev–Trinajstić information content (AvgIpc) is 3.04. The molecule has 0 spiro atoms. The number of allylic oxidation sites excluding steroid dienone is 6. The molecule has 0 radical (unpaired) electrons. The topological polar surface area (TPSA) is 128 Å². The molecular weight excluding hydrogens is 613 g/mol. The van der Waals surface area contributed by atoms with E-state index in [1.54, 1.807) is 6.08 Å². The zero-order valence-electron chi connectivity index (χ0n) is 32.5. The van der Waals surface area contributed by atoms with Crippen LogP contribution in [-0.2, 0) is 9.53 Å². The van der Waals surface area contributed by atoms with E-state index in [2.05, 4.69) is 55.5 Å². The molecule has 0 fully saturated rings. The summed E-state index contributed by atoms with van der Waals surface area (Å²) in [5.41, 5.74) is 23.0. The van der Waals surface area contributed by atoms with Crippen molar-refractivity contribution in [2.45, 2.75) is 101 Å². The van der Waals surface area contributed by atoms with Crippen molar-refractivity contribution in [3.05, 3.63) is 120 Å². The number of carbonyl (C=O) groups excluding carboxylic acids is 1. The molecule has 49 heavy (non-hydrogen) atoms. The number of unbranched alkanes of at least 4 members (excludes halogenated alkanes) is 1. The highest BCUT2D eigenvalue weighted by Gasteiger charge is 2.20. The van der Waals surface area contributed by atoms with Crippen molar-refractivity contribution in [3.63, 3.8) is 0 Å². The molecule has 0 saturated heterocycles. The van der Waals surface area contributed by atoms with Crippen molar-refractivity contribution in [1.29, 1.82) is 0 Å². The van der Waals surface area contributed by atoms with E-state index in [0.717, 1.165) is 28.0 Å². The van der Waals surface area contributed by atoms with Gasteiger partial charge < -0.3 is 32.6 Å². The Hall–Kier alpha value is -4.30. The Morgan fingerprint density at radius 3 is 2.08 bits per heavy atom. The predicted molar refractivity (Wildman–Crippen MR) is 213 cm³/mol. The van der Waals surface area contributed by atoms with E-state index in [1.807, 2.05) is 65.1 Å². The predicted octanol–water partition coefficient (Wildman–Crippen LogP) is 9.47. The van der Waals surface area contributed by atoms with Crippen LogP contribution < -0.4 is 27.8 Å². The van der Waals surface area contributed by atoms with Gasteiger partial charge >= 0.3 is 0 Å². The molecule has 0 aliphatic heterocycles. The fourth-order valence-corrected chi connectivity index (χ4v) is 4.13. The number of Topliss-reactive ketones (excluding diaryl/α,β-unsaturated/α-hetero) is 1. The maximum Gasteiger partial charge on any atom is 0.155 e. The minimum absolute atomic E-state index is 0.0671. The number of hydrogen-bond acceptors (Lipinski definition) is 7. The van der Waals surface area contributed by atoms with E-state index in [9.17, 15) is 9.18 Å². The average molecular weight is 682 g/mol. The van der Waals surface area contributed by atoms with Gasteiger partial charge in [-0.3, -0.25) is 4.79 Å². The quantitative estimate of drug-likeness (QED) is 0.104. The maximum atomic E-state index is 14.3. The van der Waals surface area contributed by atoms with E-state index in [1.165, 1.54) is 65.8 Å². The Bertz CT molecular complexity index is 1310. The second kappa shape index (κ2) is 27.6. The van der Waals surface area contributed by atoms with Gasteiger partial charge in [0.15, 0.2) is 5.78 Å². The van der Waals surface area contributed by atoms with E-state index < -0.39 is 5.67 Å². The summed E-state index contributed by atoms with van der Waals surface area (Å²) in [5, 5.41) is 6.31. The summed E-state index contributed by atoms with van der Waals surface area (Å²) in [4.78, 5) is 9.92. The fraction of sp³-hybridized carbons (Fsp3) is 0.439. The van der Waals surface area contributed by atoms with E-state index >= 15 is 0 Å². The molecule has 0 saturated carbocycles. The number of ether oxygens (including phenoxy) is 1. The summed E-state index contributed by atoms with van der Waals surface area (Å²) >= 11 is 0. The van der Waals surface area contributed by atoms with Crippen LogP contribution in [0.3, 0.4) is 0 Å². The Morgan fingerprint density at radius 1 is 1.10 bits per heavy atom. The van der Waals surface area contributed by atoms with Gasteiger partial charge in [-0.25, -0.2) is 4.39 Å². The minimum atomic E-state index is -1.55. The SMILES string of the molecule is C=C(/C=C(\C=C/N)C(C)(C)F)NC(=C)c1ccc(/C(N)=C(/C)C(=C)N)c(C)c1.C=C(N/C=C\C)[C@@H](CC)CCCC.CC.COCC(C)=O. The third-order valence-corrected chi connectivity index (χ3v) is 7.03. The highest BCUT2D eigenvalue weighted by atomic mass is 19.1. The number of alkyl halides is 1. The molecule has 0 heterocycles. The van der Waals surface area contributed by atoms with Crippen LogP contribution in [0.4, 0.5) is 4.39 Å². The minimum Gasteiger partial charge on any atom is -0.405 e. The Labute approximate surface area is 298 Å². The first kappa shape index (κ1) is 49.1. The van der Waals surface area contributed by atoms with Crippen molar-refractivity contribution < 1.29 is 13.9 Å². The molecule has 0 aromatic heterocycles. The Balaban J connectivity index is -0.000000830. The van der Waals surface area contributed by atoms with Gasteiger partial charge in [0.1, 0.15) is 12.3 Å². The normalized spacial score (nSPS) is 12.2. The Kier molecular flexibility index (Phi) is 27.7. The summed E-state index contributed by atoms with van der Waals surface area (Å²) in [6, 6.07) is 5.76. The van der Waals surface area contributed by atoms with E-state index in [4.69, 9.17) is 17.2 Å². The lowest BCUT2D eigenvalue weighted by atomic mass is 9.96. The van der Waals surface area contributed by atoms with Crippen LogP contribution in [0.25, 0.3) is 11.4 Å². The highest BCUT2D eigenvalue weighted by Crippen LogP contribution is 2.25. The zero-order chi connectivity index (χ0) is 38.7. The van der Waals surface area contributed by atoms with Crippen molar-refractivity contribution >= 4 is 17.2 Å². The van der Waals surface area contributed by atoms with Gasteiger partial charge in [-0.2, -0.15) is 0 Å². The number of nitrogens with one attached hydrogen (secondary N) is 2. The van der Waals surface area contributed by atoms with Gasteiger partial charge in [0.05, 0.1) is 0 Å². The first-order valence-corrected chi connectivity index (χ1v) is 16.9. The summed E-state index contributed by atoms with van der Waals surface area (Å²) < 4.78 is 18.7. The molecule has 7 nitrogen and oxygen atoms in total. The van der Waals surface area contributed by atoms with E-state index in [-0.39, 0.29) is 12.4 Å². The largest absolute Gasteiger partial charge is 0.405 e. The molecule has 0 bridgehead atoms. The van der Waals surface area contributed by atoms with E-state index in [0.29, 0.717) is 34.3 Å². The second-order valence-corrected chi connectivity index (χ2v) is 11.7. The van der Waals surface area contributed by atoms with Crippen LogP contribution in [0.15, 0.2) is 103 Å². The fourth-order valence-electron chi connectivity index (χ4n) is 4.13. The molecule has 1 atom stereocenters. The third kappa shape index (κ3) is 22.1. The van der Waals surface area contributed by atoms with Crippen LogP contribution in [0.2, 0.25) is 0 Å². The van der Waals surface area contributed by atoms with Crippen molar-refractivity contribution in [1.82, 2.24) is 10.6 Å². The molecule has 1 rings (SSSR count). The zero-order valence-corrected chi connectivity index (χ0v) is 32.5. The number of benzene rings is 1. The summed E-state index contributed by atoms with van der Waals surface area (Å²) in [6.45, 7) is 34.6. The lowest BCUT2D eigenvalue weighted by Gasteiger charge is -2.18. The number of nitrogens with two attached hydrogens (primary N) is 3. The number of hydrogen-bond donors (Lipinski definition) is 5. The molecule has 276 valence electrons. The standard InChI is InChI=1S/C23H31FN4.C12H23N.C4H8O2.C2H6/c1-14-12-19(8-9-21(14)22(27)16(3)17(4)26)18(5)28-15(2)13-20(10-11-25)23(6,7)24;1-5-8-9-12(7-3)11(4)13-10-6-2;1-4(5)3-6-2;1-2/h8-13,28H,2,4-5,25-27H2,1,3,6-7H3;6,10,12-13H,4-5,7-9H2,1-3H3;3H2,1-2H3;1-2H3/b11-10-,20-13+,22-16+;10-6-;;/t;12-;;/m.0../s1. The Morgan fingerprint density at radius 2 is 1.69 bits per heavy atom. The van der Waals surface area contributed by atoms with Crippen LogP contribution in [0.5, 0.6) is 0 Å². The van der Waals surface area contributed by atoms with Crippen molar-refractivity contribution in [3.8, 4) is 0 Å². The lowest BCUT2D eigenvalue weighted by molar-refractivity contribution is -0.120. The van der Waals surface area contributed by atoms with Crippen LogP contribution in [-0.4, -0.2) is 25.2 Å². The van der Waals surface area contributed by atoms with Gasteiger partial charge in [-0.05, 0) is 113 Å². The van der Waals surface area contributed by atoms with Gasteiger partial charge in [-0.1, -0.05) is 85.1 Å². The monoisotopic (exact) mass is 682 g/mol. The second-order valence-electron chi connectivity index (χ2n) is 11.7. The molecule has 8 heteroatoms. The van der Waals surface area contributed by atoms with Crippen LogP contribution in [0.1, 0.15) is 105 Å². The summed E-state index contributed by atoms with van der Waals surface area (Å²) in [6.07, 6.45) is 13.4. The number of ketones is 1. The van der Waals surface area contributed by atoms with Crippen LogP contribution >= 0.6 is 0 Å². The molecule has 0 unspecified atom stereocenters. The molecule has 0 aliphatic rings. The summed E-state index contributed by atoms with van der Waals surface area (Å²) in [7, 11) is 1.50. The lowest BCUT2D eigenvalue weighted by Crippen LogP contribution is -2.17. The van der Waals surface area contributed by atoms with Crippen molar-refractivity contribution in [2.24, 2.45) is 23.1 Å². The smallest absolute Gasteiger partial charge is 0.155 e. The highest BCUT2D eigenvalue weighted by molar-refractivity contribution is 5.76. The molecular formula is C41H68FN5O2. The molecule has 1 aromatic rings. The van der Waals surface area contributed by atoms with Gasteiger partial charge in [-0.15, -0.1) is 0 Å². The first-order chi connectivity index (χ1) is 22.9. The number of carbonyl (C=O) groups is 1. The number of halogens is 1. The summed E-state index contributed by atoms with van der Waals surface area (Å²) in [5.74, 6) is 0.702. The number of methoxy groups -OCH3 is 1. The van der Waals surface area contributed by atoms with Gasteiger partial charge in [0.25, 0.3) is 0 Å². The maximum absolute atomic E-state index is 14.3.